The molecule has 34 atom stereocenters. The summed E-state index contributed by atoms with van der Waals surface area (Å²) in [6, 6.07) is 0. The van der Waals surface area contributed by atoms with Gasteiger partial charge in [-0.3, -0.25) is 85.1 Å². The van der Waals surface area contributed by atoms with E-state index in [9.17, 15) is 0 Å². The van der Waals surface area contributed by atoms with Crippen LogP contribution in [0.2, 0.25) is 0 Å². The van der Waals surface area contributed by atoms with Crippen molar-refractivity contribution in [2.75, 3.05) is 0 Å². The van der Waals surface area contributed by atoms with Crippen LogP contribution >= 0.6 is 0 Å². The molecule has 16 bridgehead atoms. The van der Waals surface area contributed by atoms with Crippen molar-refractivity contribution in [2.24, 2.45) is 94.7 Å². The van der Waals surface area contributed by atoms with Gasteiger partial charge in [-0.25, -0.2) is 0 Å². The van der Waals surface area contributed by atoms with E-state index >= 15 is 0 Å². The largest absolute Gasteiger partial charge is 0.374 e. The Morgan fingerprint density at radius 1 is 0.148 bits per heavy atom. The predicted octanol–water partition coefficient (Wildman–Crippen LogP) is 4.20. The number of nitrogens with one attached hydrogen (secondary N) is 16. The molecule has 8 saturated carbocycles. The zero-order valence-corrected chi connectivity index (χ0v) is 49.3. The molecule has 34 unspecified atom stereocenters. The van der Waals surface area contributed by atoms with E-state index in [-0.39, 0.29) is 49.2 Å². The van der Waals surface area contributed by atoms with Gasteiger partial charge < -0.3 is 4.74 Å². The average molecular weight is 1120 g/mol. The lowest BCUT2D eigenvalue weighted by Gasteiger charge is -2.44. The standard InChI is InChI=1S/C64H110N16O/c1-3-17-33-31(15-1)49-65-51(33)69-55-39-23-9-11-25-41(39)59(73-55)77-63-47-43(61(79-63)75-57-37-21-7-5-19-35(37)53(67-49)71-57)27-13-29-45(47)81-46-30-14-28-44-48(46)64-78-60-42-26-12-10-24-40(42)56(74-60)70-52-34-18-4-2-16-32(34)50(66-52)68-54-36-20-6-8-22-38(36)58(72-54)76-62(44)80-64/h31-80H,1-30H2. The third kappa shape index (κ3) is 9.34. The first-order valence-electron chi connectivity index (χ1n) is 35.9. The Labute approximate surface area is 486 Å². The van der Waals surface area contributed by atoms with Crippen molar-refractivity contribution in [3.63, 3.8) is 0 Å². The quantitative estimate of drug-likeness (QED) is 0.188. The Bertz CT molecular complexity index is 2060. The third-order valence-electron chi connectivity index (χ3n) is 28.0. The van der Waals surface area contributed by atoms with Crippen LogP contribution in [0.3, 0.4) is 0 Å². The zero-order valence-electron chi connectivity index (χ0n) is 49.3. The lowest BCUT2D eigenvalue weighted by molar-refractivity contribution is -0.121. The van der Waals surface area contributed by atoms with Gasteiger partial charge >= 0.3 is 0 Å². The highest BCUT2D eigenvalue weighted by atomic mass is 16.5. The summed E-state index contributed by atoms with van der Waals surface area (Å²) in [5.41, 5.74) is 0. The van der Waals surface area contributed by atoms with Crippen molar-refractivity contribution in [1.82, 2.24) is 85.1 Å². The molecule has 452 valence electrons. The van der Waals surface area contributed by atoms with E-state index in [4.69, 9.17) is 4.74 Å². The number of ether oxygens (including phenoxy) is 1. The normalized spacial score (nSPS) is 59.1. The monoisotopic (exact) mass is 1120 g/mol. The minimum absolute atomic E-state index is 0.188. The first-order valence-corrected chi connectivity index (χ1v) is 35.9. The molecular weight excluding hydrogens is 1010 g/mol. The van der Waals surface area contributed by atoms with Crippen molar-refractivity contribution in [3.8, 4) is 0 Å². The molecule has 0 aromatic carbocycles. The fraction of sp³-hybridized carbons (Fsp3) is 1.00. The molecule has 16 N–H and O–H groups in total. The third-order valence-corrected chi connectivity index (χ3v) is 28.0. The second-order valence-electron chi connectivity index (χ2n) is 31.5. The van der Waals surface area contributed by atoms with Crippen LogP contribution < -0.4 is 85.1 Å². The summed E-state index contributed by atoms with van der Waals surface area (Å²) in [7, 11) is 0. The molecule has 10 heterocycles. The van der Waals surface area contributed by atoms with Crippen LogP contribution in [-0.4, -0.2) is 111 Å². The summed E-state index contributed by atoms with van der Waals surface area (Å²) in [6.07, 6.45) is 45.2. The second-order valence-corrected chi connectivity index (χ2v) is 31.5. The minimum Gasteiger partial charge on any atom is -0.374 e. The van der Waals surface area contributed by atoms with Crippen molar-refractivity contribution >= 4 is 0 Å². The SMILES string of the molecule is C1CCC2C3NC(NC4NC(NC5NC(NC6NC(N3)C3CCCCC63)C3C(OC6CCCC7C8NC9NC(NC%10NC(NC%11NC(NC(N8)C67)C6CCCCC%116)C6CCCCC%106)C6CCCCC96)CCCC53)C3CCCCC43)C2C1. The first-order chi connectivity index (χ1) is 40.1. The topological polar surface area (TPSA) is 202 Å². The highest BCUT2D eigenvalue weighted by molar-refractivity contribution is 5.13. The molecule has 81 heavy (non-hydrogen) atoms. The molecule has 10 aliphatic heterocycles. The highest BCUT2D eigenvalue weighted by Gasteiger charge is 2.60. The van der Waals surface area contributed by atoms with Crippen LogP contribution in [0.25, 0.3) is 0 Å². The first kappa shape index (κ1) is 53.4. The molecule has 18 fully saturated rings. The van der Waals surface area contributed by atoms with Crippen LogP contribution in [0.1, 0.15) is 193 Å². The summed E-state index contributed by atoms with van der Waals surface area (Å²) in [4.78, 5) is 0. The maximum absolute atomic E-state index is 8.19. The van der Waals surface area contributed by atoms with E-state index in [0.717, 1.165) is 0 Å². The van der Waals surface area contributed by atoms with Crippen LogP contribution in [0.4, 0.5) is 0 Å². The van der Waals surface area contributed by atoms with Crippen molar-refractivity contribution in [2.45, 2.75) is 303 Å². The maximum atomic E-state index is 8.19. The minimum atomic E-state index is 0.188. The van der Waals surface area contributed by atoms with Crippen molar-refractivity contribution in [1.29, 1.82) is 0 Å². The summed E-state index contributed by atoms with van der Waals surface area (Å²) < 4.78 is 8.19. The molecular formula is C64H110N16O. The fourth-order valence-electron chi connectivity index (χ4n) is 24.5. The van der Waals surface area contributed by atoms with Crippen molar-refractivity contribution < 1.29 is 4.74 Å². The Balaban J connectivity index is 0.657. The van der Waals surface area contributed by atoms with Gasteiger partial charge in [-0.05, 0) is 186 Å². The van der Waals surface area contributed by atoms with Crippen LogP contribution in [0, 0.1) is 94.7 Å². The van der Waals surface area contributed by atoms with Gasteiger partial charge in [0, 0.05) is 11.8 Å². The molecule has 18 aliphatic rings. The number of hydrogen-bond acceptors (Lipinski definition) is 17. The van der Waals surface area contributed by atoms with E-state index < -0.39 is 0 Å². The molecule has 8 aliphatic carbocycles. The summed E-state index contributed by atoms with van der Waals surface area (Å²) in [5.74, 6) is 9.87. The molecule has 18 rings (SSSR count). The molecule has 0 radical (unpaired) electrons. The van der Waals surface area contributed by atoms with Gasteiger partial charge in [-0.1, -0.05) is 89.9 Å². The molecule has 17 nitrogen and oxygen atoms in total. The molecule has 0 aromatic heterocycles. The van der Waals surface area contributed by atoms with Gasteiger partial charge in [0.2, 0.25) is 0 Å². The van der Waals surface area contributed by atoms with E-state index in [1.807, 2.05) is 0 Å². The lowest BCUT2D eigenvalue weighted by Crippen LogP contribution is -2.62. The van der Waals surface area contributed by atoms with Gasteiger partial charge in [-0.15, -0.1) is 0 Å². The zero-order chi connectivity index (χ0) is 52.9. The summed E-state index contributed by atoms with van der Waals surface area (Å²) in [5, 5.41) is 70.6. The second kappa shape index (κ2) is 22.1. The smallest absolute Gasteiger partial charge is 0.0653 e. The van der Waals surface area contributed by atoms with E-state index in [1.54, 1.807) is 0 Å². The predicted molar refractivity (Wildman–Crippen MR) is 314 cm³/mol. The Morgan fingerprint density at radius 3 is 0.481 bits per heavy atom. The van der Waals surface area contributed by atoms with Gasteiger partial charge in [0.1, 0.15) is 0 Å². The average Bonchev–Trinajstić information content (AvgIpc) is 4.50. The van der Waals surface area contributed by atoms with E-state index in [1.165, 1.54) is 193 Å². The molecule has 17 heteroatoms. The van der Waals surface area contributed by atoms with Crippen LogP contribution in [-0.2, 0) is 4.74 Å². The van der Waals surface area contributed by atoms with Gasteiger partial charge in [0.25, 0.3) is 0 Å². The highest BCUT2D eigenvalue weighted by Crippen LogP contribution is 2.51. The van der Waals surface area contributed by atoms with Gasteiger partial charge in [0.15, 0.2) is 0 Å². The van der Waals surface area contributed by atoms with Gasteiger partial charge in [0.05, 0.1) is 111 Å². The fourth-order valence-corrected chi connectivity index (χ4v) is 24.5. The lowest BCUT2D eigenvalue weighted by atomic mass is 9.74. The molecule has 0 aromatic rings. The Kier molecular flexibility index (Phi) is 14.6. The summed E-state index contributed by atoms with van der Waals surface area (Å²) >= 11 is 0. The number of rotatable bonds is 2. The van der Waals surface area contributed by atoms with E-state index in [2.05, 4.69) is 85.1 Å². The Hall–Kier alpha value is -0.680. The molecule has 0 amide bonds. The summed E-state index contributed by atoms with van der Waals surface area (Å²) in [6.45, 7) is 0. The number of hydrogen-bond donors (Lipinski definition) is 16. The van der Waals surface area contributed by atoms with E-state index in [0.29, 0.717) is 156 Å². The van der Waals surface area contributed by atoms with Crippen molar-refractivity contribution in [3.05, 3.63) is 0 Å². The number of fused-ring (bicyclic) bond motifs is 40. The molecule has 10 saturated heterocycles. The van der Waals surface area contributed by atoms with Gasteiger partial charge in [-0.2, -0.15) is 0 Å². The van der Waals surface area contributed by atoms with Crippen LogP contribution in [0.15, 0.2) is 0 Å². The Morgan fingerprint density at radius 2 is 0.296 bits per heavy atom. The molecule has 0 spiro atoms. The van der Waals surface area contributed by atoms with Crippen LogP contribution in [0.5, 0.6) is 0 Å². The maximum Gasteiger partial charge on any atom is 0.0653 e.